The number of benzene rings is 1. The van der Waals surface area contributed by atoms with Crippen LogP contribution in [0.3, 0.4) is 0 Å². The van der Waals surface area contributed by atoms with Crippen molar-refractivity contribution in [1.29, 1.82) is 0 Å². The average molecular weight is 441 g/mol. The minimum absolute atomic E-state index is 0. The van der Waals surface area contributed by atoms with E-state index < -0.39 is 0 Å². The highest BCUT2D eigenvalue weighted by atomic mass is 35.5. The van der Waals surface area contributed by atoms with Gasteiger partial charge in [-0.3, -0.25) is 9.69 Å². The van der Waals surface area contributed by atoms with Crippen molar-refractivity contribution in [1.82, 2.24) is 19.9 Å². The molecule has 2 aromatic rings. The van der Waals surface area contributed by atoms with E-state index in [0.717, 1.165) is 51.0 Å². The Hall–Kier alpha value is -1.67. The number of anilines is 1. The second-order valence-electron chi connectivity index (χ2n) is 7.79. The molecule has 0 atom stereocenters. The Morgan fingerprint density at radius 3 is 2.59 bits per heavy atom. The third-order valence-corrected chi connectivity index (χ3v) is 5.65. The van der Waals surface area contributed by atoms with E-state index in [2.05, 4.69) is 26.6 Å². The molecule has 29 heavy (non-hydrogen) atoms. The molecule has 0 spiro atoms. The summed E-state index contributed by atoms with van der Waals surface area (Å²) in [4.78, 5) is 15.0. The summed E-state index contributed by atoms with van der Waals surface area (Å²) in [6.45, 7) is 3.25. The lowest BCUT2D eigenvalue weighted by atomic mass is 9.92. The molecule has 1 saturated carbocycles. The Kier molecular flexibility index (Phi) is 8.89. The van der Waals surface area contributed by atoms with E-state index in [-0.39, 0.29) is 30.7 Å². The first-order chi connectivity index (χ1) is 13.2. The molecule has 9 heteroatoms. The molecule has 160 valence electrons. The van der Waals surface area contributed by atoms with E-state index in [1.165, 1.54) is 18.4 Å². The number of rotatable bonds is 5. The smallest absolute Gasteiger partial charge is 0.277 e. The Bertz CT molecular complexity index is 785. The molecule has 1 amide bonds. The van der Waals surface area contributed by atoms with Crippen LogP contribution in [0.2, 0.25) is 0 Å². The maximum absolute atomic E-state index is 12.6. The maximum Gasteiger partial charge on any atom is 0.277 e. The summed E-state index contributed by atoms with van der Waals surface area (Å²) in [6.07, 6.45) is 8.28. The Morgan fingerprint density at radius 2 is 1.86 bits per heavy atom. The third kappa shape index (κ3) is 6.15. The maximum atomic E-state index is 12.6. The highest BCUT2D eigenvalue weighted by Crippen LogP contribution is 2.27. The fourth-order valence-corrected chi connectivity index (χ4v) is 4.07. The number of aromatic nitrogens is 3. The standard InChI is InChI=1S/C20H28N6O.2ClH/c21-16-6-8-18(9-7-16)26-14-19(23-24-26)20(27)22-17-5-3-4-15(12-17)13-25-10-1-2-11-25;;/h3-5,12,14,16,18H,1-2,6-11,13,21H2,(H,22,27);2*1H. The highest BCUT2D eigenvalue weighted by molar-refractivity contribution is 6.02. The molecule has 2 heterocycles. The van der Waals surface area contributed by atoms with Gasteiger partial charge < -0.3 is 11.1 Å². The summed E-state index contributed by atoms with van der Waals surface area (Å²) >= 11 is 0. The van der Waals surface area contributed by atoms with Crippen LogP contribution in [0.4, 0.5) is 5.69 Å². The summed E-state index contributed by atoms with van der Waals surface area (Å²) in [5, 5.41) is 11.2. The van der Waals surface area contributed by atoms with Gasteiger partial charge in [0, 0.05) is 18.3 Å². The molecule has 3 N–H and O–H groups in total. The van der Waals surface area contributed by atoms with E-state index in [9.17, 15) is 4.79 Å². The van der Waals surface area contributed by atoms with Crippen LogP contribution in [0, 0.1) is 0 Å². The lowest BCUT2D eigenvalue weighted by Crippen LogP contribution is -2.28. The monoisotopic (exact) mass is 440 g/mol. The van der Waals surface area contributed by atoms with Crippen LogP contribution < -0.4 is 11.1 Å². The second-order valence-corrected chi connectivity index (χ2v) is 7.79. The molecule has 7 nitrogen and oxygen atoms in total. The fraction of sp³-hybridized carbons (Fsp3) is 0.550. The highest BCUT2D eigenvalue weighted by Gasteiger charge is 2.22. The van der Waals surface area contributed by atoms with Crippen LogP contribution in [0.1, 0.15) is 60.6 Å². The van der Waals surface area contributed by atoms with Crippen LogP contribution in [0.5, 0.6) is 0 Å². The van der Waals surface area contributed by atoms with Gasteiger partial charge in [-0.2, -0.15) is 0 Å². The van der Waals surface area contributed by atoms with Gasteiger partial charge in [0.2, 0.25) is 0 Å². The minimum atomic E-state index is -0.216. The summed E-state index contributed by atoms with van der Waals surface area (Å²) in [7, 11) is 0. The van der Waals surface area contributed by atoms with Crippen LogP contribution >= 0.6 is 24.8 Å². The van der Waals surface area contributed by atoms with Gasteiger partial charge in [0.25, 0.3) is 5.91 Å². The summed E-state index contributed by atoms with van der Waals surface area (Å²) in [6, 6.07) is 8.64. The first-order valence-electron chi connectivity index (χ1n) is 9.97. The van der Waals surface area contributed by atoms with Gasteiger partial charge in [0.1, 0.15) is 0 Å². The van der Waals surface area contributed by atoms with Crippen LogP contribution in [0.25, 0.3) is 0 Å². The number of hydrogen-bond donors (Lipinski definition) is 2. The van der Waals surface area contributed by atoms with Crippen molar-refractivity contribution < 1.29 is 4.79 Å². The molecule has 2 fully saturated rings. The van der Waals surface area contributed by atoms with Crippen molar-refractivity contribution in [3.63, 3.8) is 0 Å². The quantitative estimate of drug-likeness (QED) is 0.743. The molecule has 0 unspecified atom stereocenters. The van der Waals surface area contributed by atoms with E-state index >= 15 is 0 Å². The van der Waals surface area contributed by atoms with Crippen molar-refractivity contribution in [2.75, 3.05) is 18.4 Å². The van der Waals surface area contributed by atoms with Gasteiger partial charge in [-0.25, -0.2) is 4.68 Å². The van der Waals surface area contributed by atoms with E-state index in [4.69, 9.17) is 5.73 Å². The lowest BCUT2D eigenvalue weighted by molar-refractivity contribution is 0.102. The number of nitrogens with zero attached hydrogens (tertiary/aromatic N) is 4. The molecule has 1 aliphatic heterocycles. The fourth-order valence-electron chi connectivity index (χ4n) is 4.07. The van der Waals surface area contributed by atoms with Crippen LogP contribution in [0.15, 0.2) is 30.5 Å². The number of carbonyl (C=O) groups is 1. The Balaban J connectivity index is 0.00000150. The van der Waals surface area contributed by atoms with E-state index in [1.807, 2.05) is 22.9 Å². The van der Waals surface area contributed by atoms with Gasteiger partial charge in [-0.1, -0.05) is 17.3 Å². The Morgan fingerprint density at radius 1 is 1.14 bits per heavy atom. The van der Waals surface area contributed by atoms with E-state index in [1.54, 1.807) is 6.20 Å². The predicted molar refractivity (Wildman–Crippen MR) is 119 cm³/mol. The molecular formula is C20H30Cl2N6O. The van der Waals surface area contributed by atoms with Crippen molar-refractivity contribution in [2.45, 2.75) is 57.2 Å². The molecule has 1 aromatic carbocycles. The first kappa shape index (κ1) is 23.6. The number of amides is 1. The Labute approximate surface area is 184 Å². The number of carbonyl (C=O) groups excluding carboxylic acids is 1. The molecule has 1 saturated heterocycles. The van der Waals surface area contributed by atoms with Crippen molar-refractivity contribution in [3.05, 3.63) is 41.7 Å². The normalized spacial score (nSPS) is 21.8. The molecular weight excluding hydrogens is 411 g/mol. The first-order valence-corrected chi connectivity index (χ1v) is 9.97. The zero-order chi connectivity index (χ0) is 18.6. The lowest BCUT2D eigenvalue weighted by Gasteiger charge is -2.25. The zero-order valence-electron chi connectivity index (χ0n) is 16.5. The predicted octanol–water partition coefficient (Wildman–Crippen LogP) is 3.41. The number of hydrogen-bond acceptors (Lipinski definition) is 5. The van der Waals surface area contributed by atoms with Crippen molar-refractivity contribution in [3.8, 4) is 0 Å². The SMILES string of the molecule is Cl.Cl.NC1CCC(n2cc(C(=O)Nc3cccc(CN4CCCC4)c3)nn2)CC1. The zero-order valence-corrected chi connectivity index (χ0v) is 18.1. The van der Waals surface area contributed by atoms with Gasteiger partial charge in [0.05, 0.1) is 12.2 Å². The van der Waals surface area contributed by atoms with Crippen molar-refractivity contribution >= 4 is 36.4 Å². The molecule has 1 aromatic heterocycles. The number of likely N-dealkylation sites (tertiary alicyclic amines) is 1. The van der Waals surface area contributed by atoms with Crippen molar-refractivity contribution in [2.24, 2.45) is 5.73 Å². The van der Waals surface area contributed by atoms with Gasteiger partial charge >= 0.3 is 0 Å². The summed E-state index contributed by atoms with van der Waals surface area (Å²) in [5.74, 6) is -0.216. The molecule has 0 radical (unpaired) electrons. The summed E-state index contributed by atoms with van der Waals surface area (Å²) in [5.41, 5.74) is 8.34. The number of nitrogens with one attached hydrogen (secondary N) is 1. The topological polar surface area (TPSA) is 89.1 Å². The average Bonchev–Trinajstić information content (AvgIpc) is 3.35. The molecule has 0 bridgehead atoms. The van der Waals surface area contributed by atoms with Crippen LogP contribution in [-0.2, 0) is 6.54 Å². The molecule has 1 aliphatic carbocycles. The number of halogens is 2. The van der Waals surface area contributed by atoms with Gasteiger partial charge in [0.15, 0.2) is 5.69 Å². The minimum Gasteiger partial charge on any atom is -0.328 e. The van der Waals surface area contributed by atoms with Gasteiger partial charge in [-0.15, -0.1) is 29.9 Å². The van der Waals surface area contributed by atoms with Gasteiger partial charge in [-0.05, 0) is 69.3 Å². The largest absolute Gasteiger partial charge is 0.328 e. The van der Waals surface area contributed by atoms with Crippen LogP contribution in [-0.4, -0.2) is 44.9 Å². The third-order valence-electron chi connectivity index (χ3n) is 5.65. The second kappa shape index (κ2) is 10.9. The molecule has 2 aliphatic rings. The summed E-state index contributed by atoms with van der Waals surface area (Å²) < 4.78 is 1.82. The van der Waals surface area contributed by atoms with E-state index in [0.29, 0.717) is 17.8 Å². The number of nitrogens with two attached hydrogens (primary N) is 1. The molecule has 4 rings (SSSR count).